The van der Waals surface area contributed by atoms with Crippen molar-refractivity contribution in [1.82, 2.24) is 4.98 Å². The Kier molecular flexibility index (Phi) is 5.08. The second-order valence-corrected chi connectivity index (χ2v) is 6.89. The summed E-state index contributed by atoms with van der Waals surface area (Å²) in [5, 5.41) is 10.5. The minimum Gasteiger partial charge on any atom is -0.457 e. The smallest absolute Gasteiger partial charge is 0.166 e. The van der Waals surface area contributed by atoms with E-state index in [9.17, 15) is 9.18 Å². The number of aryl methyl sites for hydroxylation is 1. The number of carbonyl (C=O) groups excluding carboxylic acids is 1. The van der Waals surface area contributed by atoms with Gasteiger partial charge in [0.05, 0.1) is 11.3 Å². The van der Waals surface area contributed by atoms with E-state index in [0.717, 1.165) is 23.2 Å². The van der Waals surface area contributed by atoms with E-state index in [2.05, 4.69) is 10.3 Å². The van der Waals surface area contributed by atoms with Crippen LogP contribution in [0.4, 0.5) is 10.1 Å². The highest BCUT2D eigenvalue weighted by molar-refractivity contribution is 5.99. The Morgan fingerprint density at radius 2 is 1.97 bits per heavy atom. The maximum Gasteiger partial charge on any atom is 0.166 e. The fourth-order valence-corrected chi connectivity index (χ4v) is 3.60. The number of ketones is 1. The summed E-state index contributed by atoms with van der Waals surface area (Å²) in [4.78, 5) is 16.4. The average Bonchev–Trinajstić information content (AvgIpc) is 2.73. The normalized spacial score (nSPS) is 13.0. The van der Waals surface area contributed by atoms with Crippen molar-refractivity contribution < 1.29 is 13.9 Å². The summed E-state index contributed by atoms with van der Waals surface area (Å²) < 4.78 is 20.5. The van der Waals surface area contributed by atoms with Crippen molar-refractivity contribution >= 4 is 17.7 Å². The van der Waals surface area contributed by atoms with Gasteiger partial charge in [-0.1, -0.05) is 0 Å². The molecule has 1 aliphatic carbocycles. The van der Waals surface area contributed by atoms with Gasteiger partial charge in [-0.05, 0) is 48.7 Å². The van der Waals surface area contributed by atoms with Gasteiger partial charge in [0.2, 0.25) is 0 Å². The molecule has 6 heteroatoms. The number of hydrogen-bond donors (Lipinski definition) is 2. The van der Waals surface area contributed by atoms with Crippen LogP contribution < -0.4 is 10.1 Å². The Hall–Kier alpha value is -3.54. The summed E-state index contributed by atoms with van der Waals surface area (Å²) in [5.74, 6) is 0.554. The molecule has 3 aromatic rings. The lowest BCUT2D eigenvalue weighted by molar-refractivity contribution is 0.0968. The van der Waals surface area contributed by atoms with Gasteiger partial charge in [0.25, 0.3) is 0 Å². The lowest BCUT2D eigenvalue weighted by Crippen LogP contribution is -2.13. The highest BCUT2D eigenvalue weighted by atomic mass is 19.1. The molecule has 1 aliphatic rings. The first-order valence-electron chi connectivity index (χ1n) is 9.41. The van der Waals surface area contributed by atoms with Crippen LogP contribution in [0.3, 0.4) is 0 Å². The minimum atomic E-state index is -0.490. The molecule has 146 valence electrons. The molecule has 0 aliphatic heterocycles. The number of anilines is 1. The van der Waals surface area contributed by atoms with E-state index in [4.69, 9.17) is 10.1 Å². The molecule has 0 saturated heterocycles. The van der Waals surface area contributed by atoms with E-state index < -0.39 is 5.82 Å². The van der Waals surface area contributed by atoms with Crippen LogP contribution in [-0.4, -0.2) is 24.0 Å². The summed E-state index contributed by atoms with van der Waals surface area (Å²) in [6.45, 7) is 0. The number of rotatable bonds is 5. The Balaban J connectivity index is 1.65. The number of nitrogens with one attached hydrogen (secondary N) is 2. The number of nitrogens with zero attached hydrogens (tertiary/aromatic N) is 1. The van der Waals surface area contributed by atoms with Crippen LogP contribution in [0.1, 0.15) is 34.3 Å². The van der Waals surface area contributed by atoms with Gasteiger partial charge < -0.3 is 15.5 Å². The number of halogens is 1. The Labute approximate surface area is 168 Å². The SMILES string of the molecule is CNc1cc(Oc2ccnc(-c3cc(F)c4c(c3)CCCC4=O)c2)ccc1C=N. The summed E-state index contributed by atoms with van der Waals surface area (Å²) in [7, 11) is 1.78. The molecule has 4 rings (SSSR count). The average molecular weight is 389 g/mol. The molecule has 1 aromatic heterocycles. The molecule has 0 unspecified atom stereocenters. The second-order valence-electron chi connectivity index (χ2n) is 6.89. The summed E-state index contributed by atoms with van der Waals surface area (Å²) >= 11 is 0. The predicted molar refractivity (Wildman–Crippen MR) is 111 cm³/mol. The van der Waals surface area contributed by atoms with Crippen molar-refractivity contribution in [2.24, 2.45) is 0 Å². The molecule has 0 atom stereocenters. The summed E-state index contributed by atoms with van der Waals surface area (Å²) in [6.07, 6.45) is 4.71. The Bertz CT molecular complexity index is 1110. The number of benzene rings is 2. The zero-order valence-corrected chi connectivity index (χ0v) is 16.0. The quantitative estimate of drug-likeness (QED) is 0.585. The maximum absolute atomic E-state index is 14.6. The van der Waals surface area contributed by atoms with Crippen LogP contribution in [0.5, 0.6) is 11.5 Å². The molecule has 0 saturated carbocycles. The highest BCUT2D eigenvalue weighted by Crippen LogP contribution is 2.32. The molecule has 5 nitrogen and oxygen atoms in total. The van der Waals surface area contributed by atoms with Crippen LogP contribution in [-0.2, 0) is 6.42 Å². The summed E-state index contributed by atoms with van der Waals surface area (Å²) in [6, 6.07) is 12.1. The number of aromatic nitrogens is 1. The lowest BCUT2D eigenvalue weighted by atomic mass is 9.88. The van der Waals surface area contributed by atoms with Crippen LogP contribution in [0.15, 0.2) is 48.7 Å². The van der Waals surface area contributed by atoms with E-state index in [1.807, 2.05) is 12.1 Å². The lowest BCUT2D eigenvalue weighted by Gasteiger charge is -2.17. The predicted octanol–water partition coefficient (Wildman–Crippen LogP) is 5.24. The molecule has 0 fully saturated rings. The van der Waals surface area contributed by atoms with Gasteiger partial charge in [-0.3, -0.25) is 9.78 Å². The molecule has 0 amide bonds. The molecule has 0 spiro atoms. The van der Waals surface area contributed by atoms with Crippen molar-refractivity contribution in [1.29, 1.82) is 5.41 Å². The van der Waals surface area contributed by atoms with E-state index >= 15 is 0 Å². The number of ether oxygens (including phenoxy) is 1. The third kappa shape index (κ3) is 3.74. The summed E-state index contributed by atoms with van der Waals surface area (Å²) in [5.41, 5.74) is 3.70. The van der Waals surface area contributed by atoms with Crippen LogP contribution in [0.25, 0.3) is 11.3 Å². The van der Waals surface area contributed by atoms with Gasteiger partial charge in [-0.2, -0.15) is 0 Å². The van der Waals surface area contributed by atoms with Gasteiger partial charge in [0, 0.05) is 54.8 Å². The van der Waals surface area contributed by atoms with Crippen LogP contribution >= 0.6 is 0 Å². The number of Topliss-reactive ketones (excluding diaryl/α,β-unsaturated/α-hetero) is 1. The van der Waals surface area contributed by atoms with Gasteiger partial charge in [0.1, 0.15) is 17.3 Å². The van der Waals surface area contributed by atoms with Crippen molar-refractivity contribution in [2.45, 2.75) is 19.3 Å². The molecular formula is C23H20FN3O2. The van der Waals surface area contributed by atoms with Crippen molar-refractivity contribution in [3.63, 3.8) is 0 Å². The number of hydrogen-bond acceptors (Lipinski definition) is 5. The molecule has 2 aromatic carbocycles. The fraction of sp³-hybridized carbons (Fsp3) is 0.174. The zero-order valence-electron chi connectivity index (χ0n) is 16.0. The van der Waals surface area contributed by atoms with Gasteiger partial charge in [0.15, 0.2) is 5.78 Å². The zero-order chi connectivity index (χ0) is 20.4. The first kappa shape index (κ1) is 18.8. The van der Waals surface area contributed by atoms with Gasteiger partial charge >= 0.3 is 0 Å². The molecular weight excluding hydrogens is 369 g/mol. The molecule has 1 heterocycles. The van der Waals surface area contributed by atoms with E-state index in [-0.39, 0.29) is 11.3 Å². The van der Waals surface area contributed by atoms with Crippen LogP contribution in [0.2, 0.25) is 0 Å². The van der Waals surface area contributed by atoms with Crippen molar-refractivity contribution in [3.8, 4) is 22.8 Å². The van der Waals surface area contributed by atoms with Gasteiger partial charge in [-0.25, -0.2) is 4.39 Å². The number of pyridine rings is 1. The van der Waals surface area contributed by atoms with Crippen LogP contribution in [0, 0.1) is 11.2 Å². The van der Waals surface area contributed by atoms with Gasteiger partial charge in [-0.15, -0.1) is 0 Å². The fourth-order valence-electron chi connectivity index (χ4n) is 3.60. The standard InChI is InChI=1S/C23H20FN3O2/c1-26-20-11-17(6-5-15(20)13-25)29-18-7-8-27-21(12-18)16-9-14-3-2-4-22(28)23(14)19(24)10-16/h5-13,25-26H,2-4H2,1H3. The minimum absolute atomic E-state index is 0.131. The van der Waals surface area contributed by atoms with E-state index in [1.165, 1.54) is 12.3 Å². The molecule has 0 radical (unpaired) electrons. The Morgan fingerprint density at radius 1 is 1.14 bits per heavy atom. The molecule has 2 N–H and O–H groups in total. The topological polar surface area (TPSA) is 75.1 Å². The number of fused-ring (bicyclic) bond motifs is 1. The largest absolute Gasteiger partial charge is 0.457 e. The number of carbonyl (C=O) groups is 1. The third-order valence-electron chi connectivity index (χ3n) is 5.01. The second kappa shape index (κ2) is 7.83. The first-order valence-corrected chi connectivity index (χ1v) is 9.41. The highest BCUT2D eigenvalue weighted by Gasteiger charge is 2.22. The molecule has 0 bridgehead atoms. The van der Waals surface area contributed by atoms with E-state index in [1.54, 1.807) is 37.5 Å². The maximum atomic E-state index is 14.6. The Morgan fingerprint density at radius 3 is 2.76 bits per heavy atom. The molecule has 29 heavy (non-hydrogen) atoms. The third-order valence-corrected chi connectivity index (χ3v) is 5.01. The monoisotopic (exact) mass is 389 g/mol. The first-order chi connectivity index (χ1) is 14.1. The van der Waals surface area contributed by atoms with E-state index in [0.29, 0.717) is 35.6 Å². The van der Waals surface area contributed by atoms with Crippen molar-refractivity contribution in [2.75, 3.05) is 12.4 Å². The van der Waals surface area contributed by atoms with Crippen molar-refractivity contribution in [3.05, 3.63) is 71.2 Å².